The van der Waals surface area contributed by atoms with Crippen molar-refractivity contribution in [2.75, 3.05) is 0 Å². The minimum atomic E-state index is -0.00644. The average molecular weight is 217 g/mol. The van der Waals surface area contributed by atoms with Crippen LogP contribution in [0.15, 0.2) is 10.8 Å². The molecule has 0 spiro atoms. The summed E-state index contributed by atoms with van der Waals surface area (Å²) in [4.78, 5) is 18.0. The van der Waals surface area contributed by atoms with Crippen LogP contribution in [0.2, 0.25) is 0 Å². The molecule has 0 unspecified atom stereocenters. The van der Waals surface area contributed by atoms with Gasteiger partial charge in [-0.25, -0.2) is 4.98 Å². The quantitative estimate of drug-likeness (QED) is 0.770. The lowest BCUT2D eigenvalue weighted by Gasteiger charge is -1.97. The van der Waals surface area contributed by atoms with Gasteiger partial charge in [-0.15, -0.1) is 0 Å². The predicted molar refractivity (Wildman–Crippen MR) is 45.5 cm³/mol. The van der Waals surface area contributed by atoms with Gasteiger partial charge in [0.15, 0.2) is 5.82 Å². The number of hydrogen-bond acceptors (Lipinski definition) is 2. The Hall–Kier alpha value is -0.640. The normalized spacial score (nSPS) is 10.5. The Kier molecular flexibility index (Phi) is 2.44. The number of carbonyl (C=O) groups excluding carboxylic acids is 1. The largest absolute Gasteiger partial charge is 0.341 e. The van der Waals surface area contributed by atoms with E-state index in [1.54, 1.807) is 6.20 Å². The van der Waals surface area contributed by atoms with Crippen LogP contribution in [0.3, 0.4) is 0 Å². The van der Waals surface area contributed by atoms with Crippen LogP contribution in [0.25, 0.3) is 0 Å². The number of H-pyrrole nitrogens is 1. The molecule has 0 fully saturated rings. The molecule has 0 saturated carbocycles. The third-order valence-electron chi connectivity index (χ3n) is 1.30. The van der Waals surface area contributed by atoms with E-state index in [0.717, 1.165) is 0 Å². The highest BCUT2D eigenvalue weighted by molar-refractivity contribution is 9.10. The number of rotatable bonds is 2. The van der Waals surface area contributed by atoms with E-state index in [4.69, 9.17) is 0 Å². The third-order valence-corrected chi connectivity index (χ3v) is 1.71. The first-order chi connectivity index (χ1) is 5.11. The summed E-state index contributed by atoms with van der Waals surface area (Å²) in [5, 5.41) is 0. The number of Topliss-reactive ketones (excluding diaryl/α,β-unsaturated/α-hetero) is 1. The van der Waals surface area contributed by atoms with Crippen LogP contribution in [-0.2, 0) is 0 Å². The van der Waals surface area contributed by atoms with Crippen LogP contribution in [-0.4, -0.2) is 15.8 Å². The number of hydrogen-bond donors (Lipinski definition) is 1. The van der Waals surface area contributed by atoms with Gasteiger partial charge in [0.25, 0.3) is 0 Å². The molecule has 1 heterocycles. The lowest BCUT2D eigenvalue weighted by atomic mass is 10.1. The van der Waals surface area contributed by atoms with E-state index in [9.17, 15) is 4.79 Å². The molecule has 11 heavy (non-hydrogen) atoms. The zero-order valence-electron chi connectivity index (χ0n) is 6.39. The lowest BCUT2D eigenvalue weighted by molar-refractivity contribution is 0.0930. The fraction of sp³-hybridized carbons (Fsp3) is 0.429. The molecule has 0 bridgehead atoms. The summed E-state index contributed by atoms with van der Waals surface area (Å²) in [5.74, 6) is 0.454. The van der Waals surface area contributed by atoms with Gasteiger partial charge in [-0.05, 0) is 15.9 Å². The van der Waals surface area contributed by atoms with Gasteiger partial charge in [0, 0.05) is 12.1 Å². The number of aromatic amines is 1. The van der Waals surface area contributed by atoms with Gasteiger partial charge in [0.2, 0.25) is 5.78 Å². The maximum Gasteiger partial charge on any atom is 0.200 e. The molecule has 0 radical (unpaired) electrons. The van der Waals surface area contributed by atoms with Gasteiger partial charge in [-0.2, -0.15) is 0 Å². The molecule has 0 aliphatic rings. The first-order valence-corrected chi connectivity index (χ1v) is 4.15. The van der Waals surface area contributed by atoms with Crippen molar-refractivity contribution in [3.05, 3.63) is 16.6 Å². The van der Waals surface area contributed by atoms with E-state index >= 15 is 0 Å². The Bertz CT molecular complexity index is 267. The van der Waals surface area contributed by atoms with E-state index in [-0.39, 0.29) is 11.7 Å². The van der Waals surface area contributed by atoms with Crippen molar-refractivity contribution < 1.29 is 4.79 Å². The molecule has 0 saturated heterocycles. The minimum absolute atomic E-state index is 0.00644. The summed E-state index contributed by atoms with van der Waals surface area (Å²) >= 11 is 3.15. The second kappa shape index (κ2) is 3.17. The predicted octanol–water partition coefficient (Wildman–Crippen LogP) is 2.01. The summed E-state index contributed by atoms with van der Waals surface area (Å²) < 4.78 is 0.668. The number of halogens is 1. The maximum atomic E-state index is 11.2. The van der Waals surface area contributed by atoms with Crippen LogP contribution in [0, 0.1) is 5.92 Å². The molecular formula is C7H9BrN2O. The number of nitrogens with zero attached hydrogens (tertiary/aromatic N) is 1. The topological polar surface area (TPSA) is 45.8 Å². The van der Waals surface area contributed by atoms with Crippen LogP contribution >= 0.6 is 15.9 Å². The highest BCUT2D eigenvalue weighted by Crippen LogP contribution is 2.08. The van der Waals surface area contributed by atoms with Crippen LogP contribution < -0.4 is 0 Å². The van der Waals surface area contributed by atoms with Crippen molar-refractivity contribution in [2.45, 2.75) is 13.8 Å². The number of carbonyl (C=O) groups is 1. The third kappa shape index (κ3) is 1.89. The molecular weight excluding hydrogens is 208 g/mol. The minimum Gasteiger partial charge on any atom is -0.341 e. The second-order valence-electron chi connectivity index (χ2n) is 2.59. The highest BCUT2D eigenvalue weighted by atomic mass is 79.9. The molecule has 3 nitrogen and oxygen atoms in total. The van der Waals surface area contributed by atoms with Gasteiger partial charge in [0.1, 0.15) is 4.60 Å². The zero-order valence-corrected chi connectivity index (χ0v) is 7.97. The Morgan fingerprint density at radius 1 is 1.73 bits per heavy atom. The van der Waals surface area contributed by atoms with Crippen molar-refractivity contribution >= 4 is 21.7 Å². The summed E-state index contributed by atoms with van der Waals surface area (Å²) in [5.41, 5.74) is 0. The number of nitrogens with one attached hydrogen (secondary N) is 1. The Morgan fingerprint density at radius 3 is 2.73 bits per heavy atom. The van der Waals surface area contributed by atoms with Crippen LogP contribution in [0.1, 0.15) is 24.5 Å². The standard InChI is InChI=1S/C7H9BrN2O/c1-4(2)6(11)7-9-3-5(8)10-7/h3-4H,1-2H3,(H,9,10). The van der Waals surface area contributed by atoms with Gasteiger partial charge in [-0.3, -0.25) is 4.79 Å². The van der Waals surface area contributed by atoms with E-state index < -0.39 is 0 Å². The summed E-state index contributed by atoms with van der Waals surface area (Å²) in [6, 6.07) is 0. The van der Waals surface area contributed by atoms with Crippen LogP contribution in [0.5, 0.6) is 0 Å². The van der Waals surface area contributed by atoms with E-state index in [0.29, 0.717) is 10.4 Å². The summed E-state index contributed by atoms with van der Waals surface area (Å²) in [6.45, 7) is 3.69. The molecule has 60 valence electrons. The van der Waals surface area contributed by atoms with Crippen LogP contribution in [0.4, 0.5) is 0 Å². The second-order valence-corrected chi connectivity index (χ2v) is 3.40. The fourth-order valence-corrected chi connectivity index (χ4v) is 0.991. The van der Waals surface area contributed by atoms with E-state index in [1.807, 2.05) is 13.8 Å². The summed E-state index contributed by atoms with van der Waals surface area (Å²) in [7, 11) is 0. The molecule has 4 heteroatoms. The molecule has 1 aromatic rings. The van der Waals surface area contributed by atoms with Crippen molar-refractivity contribution in [2.24, 2.45) is 5.92 Å². The van der Waals surface area contributed by atoms with Gasteiger partial charge in [0.05, 0.1) is 0 Å². The zero-order chi connectivity index (χ0) is 8.43. The Balaban J connectivity index is 2.85. The smallest absolute Gasteiger partial charge is 0.200 e. The van der Waals surface area contributed by atoms with E-state index in [2.05, 4.69) is 25.9 Å². The molecule has 1 aromatic heterocycles. The molecule has 0 amide bonds. The summed E-state index contributed by atoms with van der Waals surface area (Å²) in [6.07, 6.45) is 1.65. The monoisotopic (exact) mass is 216 g/mol. The lowest BCUT2D eigenvalue weighted by Crippen LogP contribution is -2.09. The molecule has 0 aromatic carbocycles. The number of ketones is 1. The van der Waals surface area contributed by atoms with E-state index in [1.165, 1.54) is 0 Å². The first-order valence-electron chi connectivity index (χ1n) is 3.36. The maximum absolute atomic E-state index is 11.2. The number of imidazole rings is 1. The van der Waals surface area contributed by atoms with Gasteiger partial charge >= 0.3 is 0 Å². The molecule has 1 rings (SSSR count). The average Bonchev–Trinajstić information content (AvgIpc) is 2.34. The van der Waals surface area contributed by atoms with Crippen molar-refractivity contribution in [3.8, 4) is 0 Å². The number of aromatic nitrogens is 2. The highest BCUT2D eigenvalue weighted by Gasteiger charge is 2.12. The fourth-order valence-electron chi connectivity index (χ4n) is 0.699. The Labute approximate surface area is 73.3 Å². The Morgan fingerprint density at radius 2 is 2.36 bits per heavy atom. The molecule has 0 atom stereocenters. The molecule has 0 aliphatic carbocycles. The van der Waals surface area contributed by atoms with Crippen molar-refractivity contribution in [3.63, 3.8) is 0 Å². The molecule has 0 aliphatic heterocycles. The molecule has 1 N–H and O–H groups in total. The van der Waals surface area contributed by atoms with Gasteiger partial charge in [-0.1, -0.05) is 13.8 Å². The first kappa shape index (κ1) is 8.46. The SMILES string of the molecule is CC(C)C(=O)c1nc(Br)c[nH]1. The van der Waals surface area contributed by atoms with Crippen molar-refractivity contribution in [1.82, 2.24) is 9.97 Å². The van der Waals surface area contributed by atoms with Crippen molar-refractivity contribution in [1.29, 1.82) is 0 Å². The van der Waals surface area contributed by atoms with Gasteiger partial charge < -0.3 is 4.98 Å².